The molecular weight excluding hydrogens is 324 g/mol. The van der Waals surface area contributed by atoms with Gasteiger partial charge >= 0.3 is 5.97 Å². The molecule has 0 bridgehead atoms. The average Bonchev–Trinajstić information content (AvgIpc) is 2.45. The second-order valence-electron chi connectivity index (χ2n) is 5.00. The third kappa shape index (κ3) is 6.76. The van der Waals surface area contributed by atoms with E-state index in [1.165, 1.54) is 24.3 Å². The number of benzene rings is 1. The van der Waals surface area contributed by atoms with Gasteiger partial charge in [-0.15, -0.1) is 0 Å². The van der Waals surface area contributed by atoms with Gasteiger partial charge in [0.25, 0.3) is 5.91 Å². The maximum absolute atomic E-state index is 11.9. The number of carbonyl (C=O) groups is 2. The van der Waals surface area contributed by atoms with Crippen molar-refractivity contribution in [2.45, 2.75) is 24.8 Å². The molecule has 1 aromatic rings. The molecule has 1 amide bonds. The van der Waals surface area contributed by atoms with Crippen LogP contribution >= 0.6 is 0 Å². The highest BCUT2D eigenvalue weighted by Gasteiger charge is 2.15. The first-order valence-corrected chi connectivity index (χ1v) is 8.41. The molecule has 3 N–H and O–H groups in total. The van der Waals surface area contributed by atoms with E-state index in [9.17, 15) is 18.0 Å². The quantitative estimate of drug-likeness (QED) is 0.550. The first-order valence-electron chi connectivity index (χ1n) is 6.92. The predicted octanol–water partition coefficient (Wildman–Crippen LogP) is 0.204. The molecule has 0 fully saturated rings. The molecule has 8 nitrogen and oxygen atoms in total. The van der Waals surface area contributed by atoms with E-state index in [2.05, 4.69) is 10.0 Å². The summed E-state index contributed by atoms with van der Waals surface area (Å²) in [6.45, 7) is 3.23. The van der Waals surface area contributed by atoms with Gasteiger partial charge in [0.1, 0.15) is 6.61 Å². The van der Waals surface area contributed by atoms with Crippen molar-refractivity contribution in [3.8, 4) is 0 Å². The molecule has 0 heterocycles. The predicted molar refractivity (Wildman–Crippen MR) is 82.7 cm³/mol. The molecule has 9 heteroatoms. The Morgan fingerprint density at radius 3 is 2.35 bits per heavy atom. The first-order chi connectivity index (χ1) is 10.7. The molecule has 0 spiro atoms. The number of sulfonamides is 1. The van der Waals surface area contributed by atoms with Crippen molar-refractivity contribution in [2.75, 3.05) is 19.8 Å². The van der Waals surface area contributed by atoms with Crippen molar-refractivity contribution in [3.63, 3.8) is 0 Å². The molecule has 0 saturated carbocycles. The minimum atomic E-state index is -3.59. The molecule has 0 saturated heterocycles. The fourth-order valence-electron chi connectivity index (χ4n) is 1.66. The van der Waals surface area contributed by atoms with E-state index in [0.717, 1.165) is 0 Å². The van der Waals surface area contributed by atoms with Crippen LogP contribution in [0.2, 0.25) is 0 Å². The van der Waals surface area contributed by atoms with Crippen molar-refractivity contribution in [1.82, 2.24) is 10.0 Å². The summed E-state index contributed by atoms with van der Waals surface area (Å²) in [5, 5.41) is 10.9. The summed E-state index contributed by atoms with van der Waals surface area (Å²) in [4.78, 5) is 22.1. The number of hydrogen-bond donors (Lipinski definition) is 3. The number of nitrogens with one attached hydrogen (secondary N) is 2. The van der Waals surface area contributed by atoms with Crippen molar-refractivity contribution in [2.24, 2.45) is 0 Å². The minimum absolute atomic E-state index is 0.0722. The Kier molecular flexibility index (Phi) is 7.14. The Morgan fingerprint density at radius 1 is 1.22 bits per heavy atom. The number of aliphatic carboxylic acids is 1. The van der Waals surface area contributed by atoms with E-state index < -0.39 is 28.5 Å². The molecule has 23 heavy (non-hydrogen) atoms. The molecule has 0 aliphatic rings. The third-order valence-corrected chi connectivity index (χ3v) is 4.25. The van der Waals surface area contributed by atoms with Crippen LogP contribution in [-0.2, 0) is 19.6 Å². The van der Waals surface area contributed by atoms with Crippen LogP contribution in [0.3, 0.4) is 0 Å². The maximum atomic E-state index is 11.9. The number of carbonyl (C=O) groups excluding carboxylic acids is 1. The Hall–Kier alpha value is -1.97. The van der Waals surface area contributed by atoms with E-state index in [4.69, 9.17) is 9.84 Å². The molecule has 1 rings (SSSR count). The molecule has 0 atom stereocenters. The van der Waals surface area contributed by atoms with Crippen LogP contribution in [-0.4, -0.2) is 51.2 Å². The fourth-order valence-corrected chi connectivity index (χ4v) is 2.91. The van der Waals surface area contributed by atoms with Gasteiger partial charge in [-0.1, -0.05) is 0 Å². The zero-order valence-electron chi connectivity index (χ0n) is 12.9. The molecule has 0 aromatic heterocycles. The fraction of sp³-hybridized carbons (Fsp3) is 0.429. The maximum Gasteiger partial charge on any atom is 0.329 e. The molecule has 0 aliphatic carbocycles. The summed E-state index contributed by atoms with van der Waals surface area (Å²) in [6, 6.07) is 5.28. The van der Waals surface area contributed by atoms with E-state index in [0.29, 0.717) is 5.56 Å². The smallest absolute Gasteiger partial charge is 0.329 e. The third-order valence-electron chi connectivity index (χ3n) is 2.58. The lowest BCUT2D eigenvalue weighted by Crippen LogP contribution is -2.30. The lowest BCUT2D eigenvalue weighted by atomic mass is 10.2. The molecule has 128 valence electrons. The van der Waals surface area contributed by atoms with Crippen molar-refractivity contribution >= 4 is 21.9 Å². The summed E-state index contributed by atoms with van der Waals surface area (Å²) in [7, 11) is -3.59. The monoisotopic (exact) mass is 344 g/mol. The van der Waals surface area contributed by atoms with Gasteiger partial charge in [-0.05, 0) is 38.1 Å². The highest BCUT2D eigenvalue weighted by Crippen LogP contribution is 2.11. The summed E-state index contributed by atoms with van der Waals surface area (Å²) < 4.78 is 31.1. The lowest BCUT2D eigenvalue weighted by Gasteiger charge is -2.10. The van der Waals surface area contributed by atoms with E-state index in [1.54, 1.807) is 13.8 Å². The Bertz CT molecular complexity index is 640. The standard InChI is InChI=1S/C14H20N2O6S/c1-10(2)16-23(20,21)12-5-3-11(4-6-12)14(19)15-7-8-22-9-13(17)18/h3-6,10,16H,7-9H2,1-2H3,(H,15,19)(H,17,18). The summed E-state index contributed by atoms with van der Waals surface area (Å²) in [5.41, 5.74) is 0.298. The van der Waals surface area contributed by atoms with Crippen molar-refractivity contribution in [3.05, 3.63) is 29.8 Å². The SMILES string of the molecule is CC(C)NS(=O)(=O)c1ccc(C(=O)NCCOCC(=O)O)cc1. The van der Waals surface area contributed by atoms with Crippen LogP contribution in [0.5, 0.6) is 0 Å². The van der Waals surface area contributed by atoms with Crippen LogP contribution in [0.25, 0.3) is 0 Å². The number of carboxylic acids is 1. The highest BCUT2D eigenvalue weighted by molar-refractivity contribution is 7.89. The van der Waals surface area contributed by atoms with E-state index in [1.807, 2.05) is 0 Å². The summed E-state index contributed by atoms with van der Waals surface area (Å²) >= 11 is 0. The summed E-state index contributed by atoms with van der Waals surface area (Å²) in [5.74, 6) is -1.48. The Labute approximate surface area is 134 Å². The number of hydrogen-bond acceptors (Lipinski definition) is 5. The topological polar surface area (TPSA) is 122 Å². The molecule has 1 aromatic carbocycles. The zero-order chi connectivity index (χ0) is 17.5. The van der Waals surface area contributed by atoms with Gasteiger partial charge in [0.2, 0.25) is 10.0 Å². The van der Waals surface area contributed by atoms with Crippen LogP contribution in [0, 0.1) is 0 Å². The highest BCUT2D eigenvalue weighted by atomic mass is 32.2. The molecule has 0 aliphatic heterocycles. The lowest BCUT2D eigenvalue weighted by molar-refractivity contribution is -0.142. The normalized spacial score (nSPS) is 11.4. The van der Waals surface area contributed by atoms with Gasteiger partial charge in [-0.25, -0.2) is 17.9 Å². The van der Waals surface area contributed by atoms with E-state index >= 15 is 0 Å². The number of rotatable bonds is 9. The van der Waals surface area contributed by atoms with Gasteiger partial charge in [0.05, 0.1) is 11.5 Å². The number of ether oxygens (including phenoxy) is 1. The van der Waals surface area contributed by atoms with Gasteiger partial charge in [-0.3, -0.25) is 4.79 Å². The van der Waals surface area contributed by atoms with Crippen LogP contribution in [0.1, 0.15) is 24.2 Å². The van der Waals surface area contributed by atoms with Gasteiger partial charge in [0.15, 0.2) is 0 Å². The Balaban J connectivity index is 2.56. The van der Waals surface area contributed by atoms with Crippen LogP contribution in [0.4, 0.5) is 0 Å². The van der Waals surface area contributed by atoms with Gasteiger partial charge < -0.3 is 15.2 Å². The van der Waals surface area contributed by atoms with Crippen molar-refractivity contribution < 1.29 is 27.9 Å². The first kappa shape index (κ1) is 19.1. The zero-order valence-corrected chi connectivity index (χ0v) is 13.7. The average molecular weight is 344 g/mol. The summed E-state index contributed by atoms with van der Waals surface area (Å²) in [6.07, 6.45) is 0. The Morgan fingerprint density at radius 2 is 1.83 bits per heavy atom. The van der Waals surface area contributed by atoms with Gasteiger partial charge in [-0.2, -0.15) is 0 Å². The van der Waals surface area contributed by atoms with Crippen LogP contribution < -0.4 is 10.0 Å². The minimum Gasteiger partial charge on any atom is -0.480 e. The second kappa shape index (κ2) is 8.61. The van der Waals surface area contributed by atoms with Crippen molar-refractivity contribution in [1.29, 1.82) is 0 Å². The molecular formula is C14H20N2O6S. The molecule has 0 radical (unpaired) electrons. The van der Waals surface area contributed by atoms with Gasteiger partial charge in [0, 0.05) is 18.2 Å². The number of amides is 1. The number of carboxylic acid groups (broad SMARTS) is 1. The van der Waals surface area contributed by atoms with E-state index in [-0.39, 0.29) is 24.1 Å². The van der Waals surface area contributed by atoms with Crippen LogP contribution in [0.15, 0.2) is 29.2 Å². The second-order valence-corrected chi connectivity index (χ2v) is 6.72. The molecule has 0 unspecified atom stereocenters. The largest absolute Gasteiger partial charge is 0.480 e.